The molecule has 0 heterocycles. The van der Waals surface area contributed by atoms with Crippen molar-refractivity contribution in [2.45, 2.75) is 45.1 Å². The molecular weight excluding hydrogens is 262 g/mol. The lowest BCUT2D eigenvalue weighted by atomic mass is 10.0. The molecule has 1 atom stereocenters. The Labute approximate surface area is 108 Å². The molecule has 1 N–H and O–H groups in total. The monoisotopic (exact) mass is 283 g/mol. The molecule has 1 nitrogen and oxygen atoms in total. The fourth-order valence-electron chi connectivity index (χ4n) is 1.89. The van der Waals surface area contributed by atoms with Crippen LogP contribution in [0.4, 0.5) is 0 Å². The topological polar surface area (TPSA) is 12.0 Å². The molecule has 16 heavy (non-hydrogen) atoms. The van der Waals surface area contributed by atoms with Crippen LogP contribution in [0.25, 0.3) is 0 Å². The first kappa shape index (κ1) is 13.7. The smallest absolute Gasteiger partial charge is 0.0175 e. The predicted octanol–water partition coefficient (Wildman–Crippen LogP) is 4.16. The van der Waals surface area contributed by atoms with Gasteiger partial charge in [0.1, 0.15) is 0 Å². The first-order valence-electron chi connectivity index (χ1n) is 6.18. The molecule has 0 saturated carbocycles. The second kappa shape index (κ2) is 7.86. The highest BCUT2D eigenvalue weighted by atomic mass is 79.9. The molecule has 0 amide bonds. The summed E-state index contributed by atoms with van der Waals surface area (Å²) in [7, 11) is 2.06. The summed E-state index contributed by atoms with van der Waals surface area (Å²) in [6.45, 7) is 2.25. The Morgan fingerprint density at radius 2 is 1.88 bits per heavy atom. The van der Waals surface area contributed by atoms with Crippen molar-refractivity contribution < 1.29 is 0 Å². The van der Waals surface area contributed by atoms with Gasteiger partial charge in [-0.25, -0.2) is 0 Å². The third kappa shape index (κ3) is 5.13. The Bertz CT molecular complexity index is 281. The SMILES string of the molecule is CCCCCC(Cc1ccc(Br)cc1)NC. The Morgan fingerprint density at radius 3 is 2.44 bits per heavy atom. The number of halogens is 1. The van der Waals surface area contributed by atoms with Crippen molar-refractivity contribution in [1.29, 1.82) is 0 Å². The van der Waals surface area contributed by atoms with Crippen molar-refractivity contribution in [3.63, 3.8) is 0 Å². The van der Waals surface area contributed by atoms with E-state index in [2.05, 4.69) is 59.5 Å². The van der Waals surface area contributed by atoms with E-state index in [1.807, 2.05) is 0 Å². The summed E-state index contributed by atoms with van der Waals surface area (Å²) in [6, 6.07) is 9.26. The average molecular weight is 284 g/mol. The normalized spacial score (nSPS) is 12.7. The predicted molar refractivity (Wildman–Crippen MR) is 74.8 cm³/mol. The van der Waals surface area contributed by atoms with E-state index in [0.717, 1.165) is 10.9 Å². The average Bonchev–Trinajstić information content (AvgIpc) is 2.31. The van der Waals surface area contributed by atoms with Gasteiger partial charge in [0.25, 0.3) is 0 Å². The van der Waals surface area contributed by atoms with Crippen LogP contribution in [0, 0.1) is 0 Å². The van der Waals surface area contributed by atoms with Crippen LogP contribution >= 0.6 is 15.9 Å². The molecule has 2 heteroatoms. The van der Waals surface area contributed by atoms with Gasteiger partial charge in [0.15, 0.2) is 0 Å². The molecule has 0 aliphatic carbocycles. The third-order valence-corrected chi connectivity index (χ3v) is 3.49. The molecule has 90 valence electrons. The van der Waals surface area contributed by atoms with Crippen LogP contribution < -0.4 is 5.32 Å². The maximum absolute atomic E-state index is 3.46. The van der Waals surface area contributed by atoms with Crippen LogP contribution in [0.1, 0.15) is 38.2 Å². The van der Waals surface area contributed by atoms with E-state index in [4.69, 9.17) is 0 Å². The minimum Gasteiger partial charge on any atom is -0.317 e. The summed E-state index contributed by atoms with van der Waals surface area (Å²) < 4.78 is 1.16. The maximum atomic E-state index is 3.46. The molecule has 0 aliphatic rings. The minimum absolute atomic E-state index is 0.618. The number of unbranched alkanes of at least 4 members (excludes halogenated alkanes) is 2. The van der Waals surface area contributed by atoms with Crippen molar-refractivity contribution in [3.8, 4) is 0 Å². The molecule has 0 aliphatic heterocycles. The van der Waals surface area contributed by atoms with Crippen molar-refractivity contribution in [2.75, 3.05) is 7.05 Å². The van der Waals surface area contributed by atoms with Crippen LogP contribution in [0.5, 0.6) is 0 Å². The number of nitrogens with one attached hydrogen (secondary N) is 1. The molecule has 0 fully saturated rings. The minimum atomic E-state index is 0.618. The zero-order chi connectivity index (χ0) is 11.8. The van der Waals surface area contributed by atoms with Crippen molar-refractivity contribution in [1.82, 2.24) is 5.32 Å². The van der Waals surface area contributed by atoms with Gasteiger partial charge in [-0.05, 0) is 37.6 Å². The largest absolute Gasteiger partial charge is 0.317 e. The quantitative estimate of drug-likeness (QED) is 0.741. The highest BCUT2D eigenvalue weighted by Gasteiger charge is 2.06. The standard InChI is InChI=1S/C14H22BrN/c1-3-4-5-6-14(16-2)11-12-7-9-13(15)10-8-12/h7-10,14,16H,3-6,11H2,1-2H3. The Hall–Kier alpha value is -0.340. The van der Waals surface area contributed by atoms with E-state index in [0.29, 0.717) is 6.04 Å². The molecule has 0 saturated heterocycles. The molecule has 1 rings (SSSR count). The molecule has 0 spiro atoms. The van der Waals surface area contributed by atoms with Gasteiger partial charge in [0, 0.05) is 10.5 Å². The molecule has 1 aromatic carbocycles. The molecular formula is C14H22BrN. The van der Waals surface area contributed by atoms with E-state index in [1.165, 1.54) is 31.2 Å². The van der Waals surface area contributed by atoms with Gasteiger partial charge in [-0.15, -0.1) is 0 Å². The summed E-state index contributed by atoms with van der Waals surface area (Å²) in [5.41, 5.74) is 1.42. The van der Waals surface area contributed by atoms with Crippen LogP contribution in [0.2, 0.25) is 0 Å². The van der Waals surface area contributed by atoms with E-state index in [-0.39, 0.29) is 0 Å². The number of hydrogen-bond donors (Lipinski definition) is 1. The van der Waals surface area contributed by atoms with E-state index >= 15 is 0 Å². The first-order valence-corrected chi connectivity index (χ1v) is 6.97. The van der Waals surface area contributed by atoms with Gasteiger partial charge in [-0.3, -0.25) is 0 Å². The summed E-state index contributed by atoms with van der Waals surface area (Å²) in [6.07, 6.45) is 6.39. The van der Waals surface area contributed by atoms with Gasteiger partial charge in [-0.1, -0.05) is 54.2 Å². The summed E-state index contributed by atoms with van der Waals surface area (Å²) in [4.78, 5) is 0. The molecule has 0 aromatic heterocycles. The van der Waals surface area contributed by atoms with Gasteiger partial charge >= 0.3 is 0 Å². The maximum Gasteiger partial charge on any atom is 0.0175 e. The first-order chi connectivity index (χ1) is 7.76. The van der Waals surface area contributed by atoms with Crippen LogP contribution in [0.15, 0.2) is 28.7 Å². The number of rotatable bonds is 7. The van der Waals surface area contributed by atoms with Crippen LogP contribution in [-0.4, -0.2) is 13.1 Å². The number of likely N-dealkylation sites (N-methyl/N-ethyl adjacent to an activating group) is 1. The zero-order valence-corrected chi connectivity index (χ0v) is 11.9. The fraction of sp³-hybridized carbons (Fsp3) is 0.571. The van der Waals surface area contributed by atoms with Gasteiger partial charge < -0.3 is 5.32 Å². The van der Waals surface area contributed by atoms with E-state index < -0.39 is 0 Å². The van der Waals surface area contributed by atoms with Gasteiger partial charge in [0.05, 0.1) is 0 Å². The van der Waals surface area contributed by atoms with Crippen molar-refractivity contribution >= 4 is 15.9 Å². The zero-order valence-electron chi connectivity index (χ0n) is 10.3. The second-order valence-corrected chi connectivity index (χ2v) is 5.23. The lowest BCUT2D eigenvalue weighted by Gasteiger charge is -2.16. The molecule has 0 bridgehead atoms. The molecule has 1 unspecified atom stereocenters. The summed E-state index contributed by atoms with van der Waals surface area (Å²) in [5.74, 6) is 0. The van der Waals surface area contributed by atoms with E-state index in [9.17, 15) is 0 Å². The lowest BCUT2D eigenvalue weighted by Crippen LogP contribution is -2.27. The lowest BCUT2D eigenvalue weighted by molar-refractivity contribution is 0.490. The van der Waals surface area contributed by atoms with Crippen molar-refractivity contribution in [2.24, 2.45) is 0 Å². The molecule has 0 radical (unpaired) electrons. The second-order valence-electron chi connectivity index (χ2n) is 4.31. The van der Waals surface area contributed by atoms with Gasteiger partial charge in [-0.2, -0.15) is 0 Å². The van der Waals surface area contributed by atoms with E-state index in [1.54, 1.807) is 0 Å². The van der Waals surface area contributed by atoms with Gasteiger partial charge in [0.2, 0.25) is 0 Å². The van der Waals surface area contributed by atoms with Crippen LogP contribution in [0.3, 0.4) is 0 Å². The highest BCUT2D eigenvalue weighted by Crippen LogP contribution is 2.14. The summed E-state index contributed by atoms with van der Waals surface area (Å²) in [5, 5.41) is 3.41. The highest BCUT2D eigenvalue weighted by molar-refractivity contribution is 9.10. The Balaban J connectivity index is 2.40. The Morgan fingerprint density at radius 1 is 1.19 bits per heavy atom. The Kier molecular flexibility index (Phi) is 6.74. The number of benzene rings is 1. The summed E-state index contributed by atoms with van der Waals surface area (Å²) >= 11 is 3.46. The fourth-order valence-corrected chi connectivity index (χ4v) is 2.16. The third-order valence-electron chi connectivity index (χ3n) is 2.96. The molecule has 1 aromatic rings. The van der Waals surface area contributed by atoms with Crippen LogP contribution in [-0.2, 0) is 6.42 Å². The van der Waals surface area contributed by atoms with Crippen molar-refractivity contribution in [3.05, 3.63) is 34.3 Å². The number of hydrogen-bond acceptors (Lipinski definition) is 1.